The number of aromatic nitrogens is 1. The summed E-state index contributed by atoms with van der Waals surface area (Å²) < 4.78 is 18.4. The van der Waals surface area contributed by atoms with Gasteiger partial charge < -0.3 is 9.84 Å². The molecule has 0 aliphatic carbocycles. The number of aryl methyl sites for hydroxylation is 1. The highest BCUT2D eigenvalue weighted by molar-refractivity contribution is 5.90. The van der Waals surface area contributed by atoms with E-state index in [1.54, 1.807) is 12.1 Å². The van der Waals surface area contributed by atoms with Gasteiger partial charge in [0.25, 0.3) is 0 Å². The average molecular weight is 247 g/mol. The van der Waals surface area contributed by atoms with Crippen molar-refractivity contribution >= 4 is 5.97 Å². The summed E-state index contributed by atoms with van der Waals surface area (Å²) in [6, 6.07) is 6.66. The molecular formula is C13H10FNO3. The number of carboxylic acids is 1. The van der Waals surface area contributed by atoms with E-state index in [1.807, 2.05) is 6.92 Å². The lowest BCUT2D eigenvalue weighted by Crippen LogP contribution is -2.01. The molecule has 1 N–H and O–H groups in total. The molecule has 1 aromatic carbocycles. The van der Waals surface area contributed by atoms with Crippen LogP contribution in [-0.2, 0) is 0 Å². The van der Waals surface area contributed by atoms with E-state index < -0.39 is 11.8 Å². The van der Waals surface area contributed by atoms with Crippen molar-refractivity contribution in [1.29, 1.82) is 0 Å². The maximum atomic E-state index is 13.1. The number of rotatable bonds is 3. The zero-order chi connectivity index (χ0) is 13.1. The molecule has 2 aromatic rings. The molecule has 0 atom stereocenters. The van der Waals surface area contributed by atoms with Gasteiger partial charge in [0, 0.05) is 18.3 Å². The predicted octanol–water partition coefficient (Wildman–Crippen LogP) is 3.02. The monoisotopic (exact) mass is 247 g/mol. The van der Waals surface area contributed by atoms with Gasteiger partial charge >= 0.3 is 5.97 Å². The predicted molar refractivity (Wildman–Crippen MR) is 62.4 cm³/mol. The number of nitrogens with zero attached hydrogens (tertiary/aromatic N) is 1. The minimum atomic E-state index is -1.18. The first-order valence-corrected chi connectivity index (χ1v) is 5.19. The van der Waals surface area contributed by atoms with Crippen molar-refractivity contribution in [2.24, 2.45) is 0 Å². The molecule has 18 heavy (non-hydrogen) atoms. The minimum Gasteiger partial charge on any atom is -0.478 e. The highest BCUT2D eigenvalue weighted by atomic mass is 19.1. The Morgan fingerprint density at radius 2 is 2.11 bits per heavy atom. The summed E-state index contributed by atoms with van der Waals surface area (Å²) in [6.45, 7) is 1.85. The van der Waals surface area contributed by atoms with Gasteiger partial charge in [-0.1, -0.05) is 0 Å². The van der Waals surface area contributed by atoms with E-state index >= 15 is 0 Å². The summed E-state index contributed by atoms with van der Waals surface area (Å²) in [7, 11) is 0. The van der Waals surface area contributed by atoms with Crippen LogP contribution in [0.3, 0.4) is 0 Å². The van der Waals surface area contributed by atoms with Crippen LogP contribution in [0.1, 0.15) is 15.9 Å². The molecule has 1 heterocycles. The third-order valence-corrected chi connectivity index (χ3v) is 2.28. The van der Waals surface area contributed by atoms with Gasteiger partial charge in [-0.15, -0.1) is 0 Å². The zero-order valence-corrected chi connectivity index (χ0v) is 9.55. The van der Waals surface area contributed by atoms with E-state index in [0.717, 1.165) is 23.8 Å². The second-order valence-electron chi connectivity index (χ2n) is 3.72. The van der Waals surface area contributed by atoms with E-state index in [0.29, 0.717) is 0 Å². The lowest BCUT2D eigenvalue weighted by atomic mass is 10.2. The maximum absolute atomic E-state index is 13.1. The fourth-order valence-corrected chi connectivity index (χ4v) is 1.43. The molecule has 1 aromatic heterocycles. The first kappa shape index (κ1) is 12.0. The largest absolute Gasteiger partial charge is 0.478 e. The fraction of sp³-hybridized carbons (Fsp3) is 0.0769. The van der Waals surface area contributed by atoms with Gasteiger partial charge in [-0.3, -0.25) is 0 Å². The third-order valence-electron chi connectivity index (χ3n) is 2.28. The van der Waals surface area contributed by atoms with Crippen LogP contribution in [-0.4, -0.2) is 16.1 Å². The summed E-state index contributed by atoms with van der Waals surface area (Å²) in [6.07, 6.45) is 1.53. The summed E-state index contributed by atoms with van der Waals surface area (Å²) >= 11 is 0. The summed E-state index contributed by atoms with van der Waals surface area (Å²) in [5.74, 6) is -1.59. The number of carboxylic acid groups (broad SMARTS) is 1. The SMILES string of the molecule is Cc1ccnc(Oc2cc(F)ccc2C(=O)O)c1. The molecule has 0 fully saturated rings. The number of hydrogen-bond acceptors (Lipinski definition) is 3. The summed E-state index contributed by atoms with van der Waals surface area (Å²) in [5, 5.41) is 8.97. The molecule has 0 unspecified atom stereocenters. The Bertz CT molecular complexity index is 599. The Kier molecular flexibility index (Phi) is 3.23. The zero-order valence-electron chi connectivity index (χ0n) is 9.55. The molecule has 2 rings (SSSR count). The number of carbonyl (C=O) groups is 1. The molecule has 0 aliphatic heterocycles. The highest BCUT2D eigenvalue weighted by Gasteiger charge is 2.13. The lowest BCUT2D eigenvalue weighted by molar-refractivity contribution is 0.0694. The van der Waals surface area contributed by atoms with Crippen LogP contribution in [0.15, 0.2) is 36.5 Å². The average Bonchev–Trinajstić information content (AvgIpc) is 2.28. The van der Waals surface area contributed by atoms with Crippen molar-refractivity contribution in [3.8, 4) is 11.6 Å². The van der Waals surface area contributed by atoms with Gasteiger partial charge in [0.1, 0.15) is 17.1 Å². The molecule has 5 heteroatoms. The first-order chi connectivity index (χ1) is 8.56. The van der Waals surface area contributed by atoms with E-state index in [9.17, 15) is 9.18 Å². The Hall–Kier alpha value is -2.43. The van der Waals surface area contributed by atoms with Gasteiger partial charge in [-0.05, 0) is 30.7 Å². The van der Waals surface area contributed by atoms with E-state index in [4.69, 9.17) is 9.84 Å². The Labute approximate surface area is 103 Å². The van der Waals surface area contributed by atoms with Gasteiger partial charge in [-0.2, -0.15) is 0 Å². The second-order valence-corrected chi connectivity index (χ2v) is 3.72. The number of halogens is 1. The molecule has 4 nitrogen and oxygen atoms in total. The van der Waals surface area contributed by atoms with Crippen LogP contribution in [0.5, 0.6) is 11.6 Å². The molecule has 0 spiro atoms. The van der Waals surface area contributed by atoms with Crippen LogP contribution in [0, 0.1) is 12.7 Å². The van der Waals surface area contributed by atoms with Gasteiger partial charge in [-0.25, -0.2) is 14.2 Å². The maximum Gasteiger partial charge on any atom is 0.339 e. The molecular weight excluding hydrogens is 237 g/mol. The highest BCUT2D eigenvalue weighted by Crippen LogP contribution is 2.25. The Morgan fingerprint density at radius 3 is 2.78 bits per heavy atom. The number of hydrogen-bond donors (Lipinski definition) is 1. The van der Waals surface area contributed by atoms with Crippen LogP contribution in [0.4, 0.5) is 4.39 Å². The molecule has 0 saturated heterocycles. The second kappa shape index (κ2) is 4.83. The van der Waals surface area contributed by atoms with Gasteiger partial charge in [0.2, 0.25) is 5.88 Å². The normalized spacial score (nSPS) is 10.1. The Morgan fingerprint density at radius 1 is 1.33 bits per heavy atom. The molecule has 0 bridgehead atoms. The summed E-state index contributed by atoms with van der Waals surface area (Å²) in [5.41, 5.74) is 0.799. The van der Waals surface area contributed by atoms with E-state index in [2.05, 4.69) is 4.98 Å². The van der Waals surface area contributed by atoms with Crippen LogP contribution >= 0.6 is 0 Å². The van der Waals surface area contributed by atoms with Gasteiger partial charge in [0.05, 0.1) is 0 Å². The molecule has 0 amide bonds. The first-order valence-electron chi connectivity index (χ1n) is 5.19. The number of benzene rings is 1. The van der Waals surface area contributed by atoms with E-state index in [1.165, 1.54) is 6.20 Å². The van der Waals surface area contributed by atoms with Crippen molar-refractivity contribution in [2.45, 2.75) is 6.92 Å². The van der Waals surface area contributed by atoms with Gasteiger partial charge in [0.15, 0.2) is 0 Å². The number of aromatic carboxylic acids is 1. The van der Waals surface area contributed by atoms with Crippen molar-refractivity contribution in [1.82, 2.24) is 4.98 Å². The fourth-order valence-electron chi connectivity index (χ4n) is 1.43. The van der Waals surface area contributed by atoms with Crippen molar-refractivity contribution < 1.29 is 19.0 Å². The molecule has 0 saturated carbocycles. The Balaban J connectivity index is 2.39. The van der Waals surface area contributed by atoms with Crippen molar-refractivity contribution in [2.75, 3.05) is 0 Å². The van der Waals surface area contributed by atoms with Crippen molar-refractivity contribution in [3.05, 3.63) is 53.5 Å². The quantitative estimate of drug-likeness (QED) is 0.905. The summed E-state index contributed by atoms with van der Waals surface area (Å²) in [4.78, 5) is 14.9. The molecule has 0 radical (unpaired) electrons. The molecule has 92 valence electrons. The molecule has 0 aliphatic rings. The van der Waals surface area contributed by atoms with Crippen LogP contribution < -0.4 is 4.74 Å². The van der Waals surface area contributed by atoms with Crippen molar-refractivity contribution in [3.63, 3.8) is 0 Å². The number of pyridine rings is 1. The minimum absolute atomic E-state index is 0.0689. The van der Waals surface area contributed by atoms with E-state index in [-0.39, 0.29) is 17.2 Å². The standard InChI is InChI=1S/C13H10FNO3/c1-8-4-5-15-12(6-8)18-11-7-9(14)2-3-10(11)13(16)17/h2-7H,1H3,(H,16,17). The van der Waals surface area contributed by atoms with Crippen LogP contribution in [0.2, 0.25) is 0 Å². The smallest absolute Gasteiger partial charge is 0.339 e. The number of ether oxygens (including phenoxy) is 1. The lowest BCUT2D eigenvalue weighted by Gasteiger charge is -2.08. The van der Waals surface area contributed by atoms with Crippen LogP contribution in [0.25, 0.3) is 0 Å². The third kappa shape index (κ3) is 2.63. The topological polar surface area (TPSA) is 59.4 Å².